The summed E-state index contributed by atoms with van der Waals surface area (Å²) >= 11 is 0. The zero-order valence-electron chi connectivity index (χ0n) is 10.4. The summed E-state index contributed by atoms with van der Waals surface area (Å²) in [7, 11) is -2.87. The van der Waals surface area contributed by atoms with Crippen LogP contribution in [-0.2, 0) is 9.84 Å². The first-order chi connectivity index (χ1) is 7.52. The number of nitrogens with zero attached hydrogens (tertiary/aromatic N) is 1. The molecule has 0 saturated carbocycles. The van der Waals surface area contributed by atoms with Crippen molar-refractivity contribution in [1.82, 2.24) is 10.2 Å². The van der Waals surface area contributed by atoms with Crippen LogP contribution in [0.25, 0.3) is 0 Å². The van der Waals surface area contributed by atoms with E-state index in [-0.39, 0.29) is 11.0 Å². The lowest BCUT2D eigenvalue weighted by atomic mass is 10.4. The lowest BCUT2D eigenvalue weighted by molar-refractivity contribution is 0.337. The highest BCUT2D eigenvalue weighted by Crippen LogP contribution is 2.05. The predicted octanol–water partition coefficient (Wildman–Crippen LogP) is 0.495. The Hall–Kier alpha value is -0.130. The standard InChI is InChI=1S/C11H24N2O2S/c1-11(2)16(14,15)10-6-12-5-9-13-7-3-4-8-13/h11-12H,3-10H2,1-2H3. The van der Waals surface area contributed by atoms with Crippen molar-refractivity contribution >= 4 is 9.84 Å². The normalized spacial score (nSPS) is 18.4. The maximum absolute atomic E-state index is 11.5. The second kappa shape index (κ2) is 6.57. The van der Waals surface area contributed by atoms with E-state index < -0.39 is 9.84 Å². The fraction of sp³-hybridized carbons (Fsp3) is 1.00. The zero-order valence-corrected chi connectivity index (χ0v) is 11.2. The first kappa shape index (κ1) is 13.9. The van der Waals surface area contributed by atoms with Gasteiger partial charge in [-0.2, -0.15) is 0 Å². The van der Waals surface area contributed by atoms with Crippen molar-refractivity contribution in [3.05, 3.63) is 0 Å². The zero-order chi connectivity index (χ0) is 12.0. The van der Waals surface area contributed by atoms with E-state index in [1.807, 2.05) is 0 Å². The summed E-state index contributed by atoms with van der Waals surface area (Å²) in [5.74, 6) is 0.255. The van der Waals surface area contributed by atoms with Crippen LogP contribution in [0.15, 0.2) is 0 Å². The Labute approximate surface area is 99.3 Å². The van der Waals surface area contributed by atoms with Crippen molar-refractivity contribution in [2.24, 2.45) is 0 Å². The summed E-state index contributed by atoms with van der Waals surface area (Å²) in [6.45, 7) is 8.39. The van der Waals surface area contributed by atoms with E-state index in [1.165, 1.54) is 25.9 Å². The number of sulfone groups is 1. The number of hydrogen-bond acceptors (Lipinski definition) is 4. The maximum Gasteiger partial charge on any atom is 0.153 e. The molecule has 4 nitrogen and oxygen atoms in total. The molecule has 1 fully saturated rings. The topological polar surface area (TPSA) is 49.4 Å². The average molecular weight is 248 g/mol. The average Bonchev–Trinajstić information content (AvgIpc) is 2.69. The smallest absolute Gasteiger partial charge is 0.153 e. The minimum atomic E-state index is -2.87. The van der Waals surface area contributed by atoms with Gasteiger partial charge < -0.3 is 10.2 Å². The Balaban J connectivity index is 2.03. The Morgan fingerprint density at radius 2 is 1.81 bits per heavy atom. The summed E-state index contributed by atoms with van der Waals surface area (Å²) in [6.07, 6.45) is 2.61. The highest BCUT2D eigenvalue weighted by molar-refractivity contribution is 7.92. The molecule has 1 heterocycles. The molecule has 0 aliphatic carbocycles. The molecular formula is C11H24N2O2S. The van der Waals surface area contributed by atoms with E-state index >= 15 is 0 Å². The molecule has 1 aliphatic heterocycles. The van der Waals surface area contributed by atoms with E-state index in [9.17, 15) is 8.42 Å². The molecule has 0 aromatic heterocycles. The van der Waals surface area contributed by atoms with Crippen molar-refractivity contribution in [2.45, 2.75) is 31.9 Å². The fourth-order valence-corrected chi connectivity index (χ4v) is 2.72. The van der Waals surface area contributed by atoms with Crippen LogP contribution in [0.2, 0.25) is 0 Å². The molecule has 16 heavy (non-hydrogen) atoms. The van der Waals surface area contributed by atoms with Gasteiger partial charge in [-0.15, -0.1) is 0 Å². The minimum absolute atomic E-state index is 0.255. The second-order valence-electron chi connectivity index (χ2n) is 4.71. The molecule has 0 radical (unpaired) electrons. The Morgan fingerprint density at radius 3 is 2.38 bits per heavy atom. The molecule has 0 amide bonds. The van der Waals surface area contributed by atoms with Gasteiger partial charge in [0.2, 0.25) is 0 Å². The number of hydrogen-bond donors (Lipinski definition) is 1. The summed E-state index contributed by atoms with van der Waals surface area (Å²) in [5, 5.41) is 2.95. The molecular weight excluding hydrogens is 224 g/mol. The molecule has 96 valence electrons. The Kier molecular flexibility index (Phi) is 5.72. The first-order valence-electron chi connectivity index (χ1n) is 6.17. The van der Waals surface area contributed by atoms with Crippen molar-refractivity contribution in [3.63, 3.8) is 0 Å². The third kappa shape index (κ3) is 4.80. The highest BCUT2D eigenvalue weighted by atomic mass is 32.2. The van der Waals surface area contributed by atoms with Crippen LogP contribution in [0.3, 0.4) is 0 Å². The van der Waals surface area contributed by atoms with E-state index in [0.717, 1.165) is 13.1 Å². The Bertz CT molecular complexity index is 282. The molecule has 0 spiro atoms. The van der Waals surface area contributed by atoms with Crippen LogP contribution in [0.4, 0.5) is 0 Å². The van der Waals surface area contributed by atoms with Crippen molar-refractivity contribution in [2.75, 3.05) is 38.5 Å². The molecule has 0 bridgehead atoms. The summed E-state index contributed by atoms with van der Waals surface area (Å²) in [5.41, 5.74) is 0. The van der Waals surface area contributed by atoms with E-state index in [2.05, 4.69) is 10.2 Å². The van der Waals surface area contributed by atoms with E-state index in [0.29, 0.717) is 6.54 Å². The molecule has 1 N–H and O–H groups in total. The van der Waals surface area contributed by atoms with Gasteiger partial charge in [0.15, 0.2) is 9.84 Å². The van der Waals surface area contributed by atoms with Crippen LogP contribution < -0.4 is 5.32 Å². The van der Waals surface area contributed by atoms with Crippen molar-refractivity contribution < 1.29 is 8.42 Å². The Morgan fingerprint density at radius 1 is 1.19 bits per heavy atom. The molecule has 0 aromatic rings. The van der Waals surface area contributed by atoms with Gasteiger partial charge in [0.1, 0.15) is 0 Å². The van der Waals surface area contributed by atoms with E-state index in [4.69, 9.17) is 0 Å². The molecule has 0 unspecified atom stereocenters. The fourth-order valence-electron chi connectivity index (χ4n) is 1.82. The molecule has 0 aromatic carbocycles. The number of rotatable bonds is 7. The summed E-state index contributed by atoms with van der Waals surface area (Å²) in [4.78, 5) is 2.42. The molecule has 5 heteroatoms. The van der Waals surface area contributed by atoms with Crippen molar-refractivity contribution in [1.29, 1.82) is 0 Å². The highest BCUT2D eigenvalue weighted by Gasteiger charge is 2.15. The molecule has 0 atom stereocenters. The monoisotopic (exact) mass is 248 g/mol. The molecule has 1 aliphatic rings. The van der Waals surface area contributed by atoms with Crippen LogP contribution in [0, 0.1) is 0 Å². The van der Waals surface area contributed by atoms with Gasteiger partial charge in [-0.05, 0) is 39.8 Å². The lowest BCUT2D eigenvalue weighted by Crippen LogP contribution is -2.33. The summed E-state index contributed by atoms with van der Waals surface area (Å²) < 4.78 is 23.0. The van der Waals surface area contributed by atoms with Crippen molar-refractivity contribution in [3.8, 4) is 0 Å². The molecule has 1 rings (SSSR count). The van der Waals surface area contributed by atoms with Gasteiger partial charge in [-0.3, -0.25) is 0 Å². The van der Waals surface area contributed by atoms with Crippen LogP contribution in [0.1, 0.15) is 26.7 Å². The molecule has 1 saturated heterocycles. The SMILES string of the molecule is CC(C)S(=O)(=O)CCNCCN1CCCC1. The van der Waals surface area contributed by atoms with Gasteiger partial charge in [-0.25, -0.2) is 8.42 Å². The van der Waals surface area contributed by atoms with E-state index in [1.54, 1.807) is 13.8 Å². The van der Waals surface area contributed by atoms with Crippen LogP contribution >= 0.6 is 0 Å². The lowest BCUT2D eigenvalue weighted by Gasteiger charge is -2.15. The van der Waals surface area contributed by atoms with Gasteiger partial charge in [0, 0.05) is 19.6 Å². The quantitative estimate of drug-likeness (QED) is 0.666. The predicted molar refractivity (Wildman–Crippen MR) is 67.5 cm³/mol. The number of likely N-dealkylation sites (tertiary alicyclic amines) is 1. The largest absolute Gasteiger partial charge is 0.314 e. The van der Waals surface area contributed by atoms with Crippen LogP contribution in [0.5, 0.6) is 0 Å². The minimum Gasteiger partial charge on any atom is -0.314 e. The van der Waals surface area contributed by atoms with Gasteiger partial charge in [-0.1, -0.05) is 0 Å². The summed E-state index contributed by atoms with van der Waals surface area (Å²) in [6, 6.07) is 0. The number of nitrogens with one attached hydrogen (secondary N) is 1. The van der Waals surface area contributed by atoms with Gasteiger partial charge in [0.05, 0.1) is 11.0 Å². The van der Waals surface area contributed by atoms with Crippen LogP contribution in [-0.4, -0.2) is 57.0 Å². The van der Waals surface area contributed by atoms with Gasteiger partial charge >= 0.3 is 0 Å². The third-order valence-corrected chi connectivity index (χ3v) is 5.29. The maximum atomic E-state index is 11.5. The van der Waals surface area contributed by atoms with Gasteiger partial charge in [0.25, 0.3) is 0 Å². The third-order valence-electron chi connectivity index (χ3n) is 3.09. The first-order valence-corrected chi connectivity index (χ1v) is 7.88. The second-order valence-corrected chi connectivity index (χ2v) is 7.39.